The number of benzene rings is 1. The van der Waals surface area contributed by atoms with E-state index in [4.69, 9.17) is 9.15 Å². The van der Waals surface area contributed by atoms with Crippen molar-refractivity contribution >= 4 is 11.8 Å². The van der Waals surface area contributed by atoms with Gasteiger partial charge in [-0.3, -0.25) is 4.79 Å². The second-order valence-corrected chi connectivity index (χ2v) is 6.91. The van der Waals surface area contributed by atoms with E-state index in [-0.39, 0.29) is 12.4 Å². The Morgan fingerprint density at radius 3 is 2.78 bits per heavy atom. The summed E-state index contributed by atoms with van der Waals surface area (Å²) in [5.41, 5.74) is 3.56. The van der Waals surface area contributed by atoms with E-state index < -0.39 is 17.7 Å². The zero-order valence-corrected chi connectivity index (χ0v) is 14.4. The molecule has 0 saturated heterocycles. The summed E-state index contributed by atoms with van der Waals surface area (Å²) in [7, 11) is 0. The van der Waals surface area contributed by atoms with Crippen LogP contribution in [0.4, 0.5) is 4.39 Å². The molecule has 0 fully saturated rings. The molecule has 0 amide bonds. The monoisotopic (exact) mass is 365 g/mol. The molecule has 3 aliphatic rings. The third-order valence-electron chi connectivity index (χ3n) is 5.34. The molecule has 2 aromatic rings. The van der Waals surface area contributed by atoms with E-state index in [1.807, 2.05) is 0 Å². The van der Waals surface area contributed by atoms with Crippen molar-refractivity contribution in [3.63, 3.8) is 0 Å². The van der Waals surface area contributed by atoms with Crippen LogP contribution in [0, 0.1) is 5.82 Å². The summed E-state index contributed by atoms with van der Waals surface area (Å²) >= 11 is 0. The molecule has 0 radical (unpaired) electrons. The van der Waals surface area contributed by atoms with Gasteiger partial charge in [0.25, 0.3) is 0 Å². The minimum atomic E-state index is -0.548. The molecule has 3 heterocycles. The number of rotatable bonds is 2. The molecule has 0 saturated carbocycles. The number of ether oxygens (including phenoxy) is 1. The fourth-order valence-electron chi connectivity index (χ4n) is 4.14. The summed E-state index contributed by atoms with van der Waals surface area (Å²) in [5.74, 6) is -0.987. The Morgan fingerprint density at radius 2 is 1.96 bits per heavy atom. The molecule has 1 aliphatic carbocycles. The van der Waals surface area contributed by atoms with Crippen LogP contribution in [0.25, 0.3) is 11.3 Å². The van der Waals surface area contributed by atoms with E-state index in [2.05, 4.69) is 5.32 Å². The minimum Gasteiger partial charge on any atom is -0.464 e. The van der Waals surface area contributed by atoms with Gasteiger partial charge in [0.2, 0.25) is 0 Å². The molecule has 1 atom stereocenters. The smallest absolute Gasteiger partial charge is 0.337 e. The van der Waals surface area contributed by atoms with E-state index in [9.17, 15) is 14.0 Å². The number of Topliss-reactive ketones (excluding diaryl/α,β-unsaturated/α-hetero) is 1. The number of hydrogen-bond donors (Lipinski definition) is 1. The van der Waals surface area contributed by atoms with Crippen LogP contribution >= 0.6 is 0 Å². The molecule has 27 heavy (non-hydrogen) atoms. The molecule has 1 aromatic heterocycles. The molecule has 1 aromatic carbocycles. The van der Waals surface area contributed by atoms with Gasteiger partial charge in [-0.2, -0.15) is 0 Å². The lowest BCUT2D eigenvalue weighted by molar-refractivity contribution is -0.136. The quantitative estimate of drug-likeness (QED) is 0.824. The Morgan fingerprint density at radius 1 is 1.07 bits per heavy atom. The maximum absolute atomic E-state index is 14.4. The van der Waals surface area contributed by atoms with E-state index >= 15 is 0 Å². The lowest BCUT2D eigenvalue weighted by Gasteiger charge is -2.32. The number of halogens is 1. The van der Waals surface area contributed by atoms with Gasteiger partial charge >= 0.3 is 5.97 Å². The molecule has 5 rings (SSSR count). The summed E-state index contributed by atoms with van der Waals surface area (Å²) in [4.78, 5) is 25.1. The van der Waals surface area contributed by atoms with Gasteiger partial charge in [0.1, 0.15) is 18.2 Å². The van der Waals surface area contributed by atoms with E-state index in [1.165, 1.54) is 12.3 Å². The normalized spacial score (nSPS) is 21.7. The lowest BCUT2D eigenvalue weighted by atomic mass is 9.75. The van der Waals surface area contributed by atoms with Crippen LogP contribution in [-0.4, -0.2) is 18.4 Å². The molecular weight excluding hydrogens is 349 g/mol. The average molecular weight is 365 g/mol. The number of cyclic esters (lactones) is 1. The van der Waals surface area contributed by atoms with Gasteiger partial charge in [0.15, 0.2) is 5.78 Å². The highest BCUT2D eigenvalue weighted by molar-refractivity contribution is 6.04. The molecule has 6 heteroatoms. The number of furan rings is 1. The molecule has 136 valence electrons. The lowest BCUT2D eigenvalue weighted by Crippen LogP contribution is -2.32. The second-order valence-electron chi connectivity index (χ2n) is 6.91. The molecule has 0 bridgehead atoms. The molecule has 0 spiro atoms. The summed E-state index contributed by atoms with van der Waals surface area (Å²) < 4.78 is 25.0. The largest absolute Gasteiger partial charge is 0.464 e. The fraction of sp³-hybridized carbons (Fsp3) is 0.238. The summed E-state index contributed by atoms with van der Waals surface area (Å²) in [5, 5.41) is 3.23. The number of dihydropyridines is 1. The highest BCUT2D eigenvalue weighted by atomic mass is 19.1. The number of ketones is 1. The number of carbonyl (C=O) groups is 2. The first-order chi connectivity index (χ1) is 13.1. The second kappa shape index (κ2) is 5.94. The van der Waals surface area contributed by atoms with E-state index in [0.717, 1.165) is 18.5 Å². The van der Waals surface area contributed by atoms with Crippen molar-refractivity contribution < 1.29 is 23.1 Å². The van der Waals surface area contributed by atoms with Crippen molar-refractivity contribution in [2.75, 3.05) is 6.61 Å². The summed E-state index contributed by atoms with van der Waals surface area (Å²) in [6, 6.07) is 8.00. The number of esters is 1. The zero-order valence-electron chi connectivity index (χ0n) is 14.4. The number of allylic oxidation sites excluding steroid dienone is 2. The number of carbonyl (C=O) groups excluding carboxylic acids is 2. The SMILES string of the molecule is O=C1CCCC2=C1C(c1ccc(F)c(-c3ccco3)c1)C1=C(COC1=O)N2. The van der Waals surface area contributed by atoms with Crippen molar-refractivity contribution in [1.82, 2.24) is 5.32 Å². The number of nitrogens with one attached hydrogen (secondary N) is 1. The van der Waals surface area contributed by atoms with E-state index in [1.54, 1.807) is 24.3 Å². The van der Waals surface area contributed by atoms with Crippen LogP contribution in [0.1, 0.15) is 30.7 Å². The molecule has 1 N–H and O–H groups in total. The van der Waals surface area contributed by atoms with E-state index in [0.29, 0.717) is 40.2 Å². The van der Waals surface area contributed by atoms with Crippen molar-refractivity contribution in [2.24, 2.45) is 0 Å². The molecule has 1 unspecified atom stereocenters. The zero-order chi connectivity index (χ0) is 18.5. The van der Waals surface area contributed by atoms with Crippen molar-refractivity contribution in [2.45, 2.75) is 25.2 Å². The maximum atomic E-state index is 14.4. The summed E-state index contributed by atoms with van der Waals surface area (Å²) in [6.07, 6.45) is 3.44. The van der Waals surface area contributed by atoms with Gasteiger partial charge in [0, 0.05) is 23.6 Å². The van der Waals surface area contributed by atoms with Gasteiger partial charge in [-0.25, -0.2) is 9.18 Å². The van der Waals surface area contributed by atoms with Crippen LogP contribution in [0.5, 0.6) is 0 Å². The highest BCUT2D eigenvalue weighted by Gasteiger charge is 2.42. The topological polar surface area (TPSA) is 68.5 Å². The van der Waals surface area contributed by atoms with Crippen LogP contribution in [0.15, 0.2) is 63.6 Å². The Bertz CT molecular complexity index is 1030. The van der Waals surface area contributed by atoms with Gasteiger partial charge in [-0.1, -0.05) is 6.07 Å². The van der Waals surface area contributed by atoms with Crippen molar-refractivity contribution in [3.05, 3.63) is 70.5 Å². The van der Waals surface area contributed by atoms with Gasteiger partial charge in [0.05, 0.1) is 23.1 Å². The Hall–Kier alpha value is -3.15. The molecule has 2 aliphatic heterocycles. The Kier molecular flexibility index (Phi) is 3.53. The number of hydrogen-bond acceptors (Lipinski definition) is 5. The Balaban J connectivity index is 1.70. The summed E-state index contributed by atoms with van der Waals surface area (Å²) in [6.45, 7) is 0.169. The predicted octanol–water partition coefficient (Wildman–Crippen LogP) is 3.59. The van der Waals surface area contributed by atoms with Crippen LogP contribution in [-0.2, 0) is 14.3 Å². The van der Waals surface area contributed by atoms with Gasteiger partial charge < -0.3 is 14.5 Å². The molecular formula is C21H16FNO4. The van der Waals surface area contributed by atoms with Crippen molar-refractivity contribution in [3.8, 4) is 11.3 Å². The van der Waals surface area contributed by atoms with Crippen LogP contribution in [0.2, 0.25) is 0 Å². The van der Waals surface area contributed by atoms with Crippen molar-refractivity contribution in [1.29, 1.82) is 0 Å². The highest BCUT2D eigenvalue weighted by Crippen LogP contribution is 2.45. The predicted molar refractivity (Wildman–Crippen MR) is 93.8 cm³/mol. The minimum absolute atomic E-state index is 0.0175. The fourth-order valence-corrected chi connectivity index (χ4v) is 4.14. The average Bonchev–Trinajstić information content (AvgIpc) is 3.31. The first-order valence-electron chi connectivity index (χ1n) is 8.90. The third-order valence-corrected chi connectivity index (χ3v) is 5.34. The van der Waals surface area contributed by atoms with Crippen LogP contribution in [0.3, 0.4) is 0 Å². The standard InChI is InChI=1S/C21H16FNO4/c22-13-7-6-11(9-12(13)17-5-2-8-26-17)18-19-14(3-1-4-16(19)24)23-15-10-27-21(25)20(15)18/h2,5-9,18,23H,1,3-4,10H2. The van der Waals surface area contributed by atoms with Crippen LogP contribution < -0.4 is 5.32 Å². The third kappa shape index (κ3) is 2.44. The first-order valence-corrected chi connectivity index (χ1v) is 8.90. The molecule has 5 nitrogen and oxygen atoms in total. The first kappa shape index (κ1) is 16.1. The van der Waals surface area contributed by atoms with Gasteiger partial charge in [-0.05, 0) is 42.7 Å². The maximum Gasteiger partial charge on any atom is 0.337 e. The van der Waals surface area contributed by atoms with Gasteiger partial charge in [-0.15, -0.1) is 0 Å². The Labute approximate surface area is 154 Å².